The molecule has 1 saturated carbocycles. The second-order valence-electron chi connectivity index (χ2n) is 9.46. The fraction of sp³-hybridized carbons (Fsp3) is 0.286. The summed E-state index contributed by atoms with van der Waals surface area (Å²) >= 11 is 0. The smallest absolute Gasteiger partial charge is 0.223 e. The minimum atomic E-state index is -3.19. The number of rotatable bonds is 4. The summed E-state index contributed by atoms with van der Waals surface area (Å²) < 4.78 is 4.31. The number of hydrogen-bond acceptors (Lipinski definition) is 1. The van der Waals surface area contributed by atoms with Crippen molar-refractivity contribution >= 4 is 29.1 Å². The van der Waals surface area contributed by atoms with E-state index < -0.39 is 7.58 Å². The summed E-state index contributed by atoms with van der Waals surface area (Å²) in [5, 5.41) is 14.2. The summed E-state index contributed by atoms with van der Waals surface area (Å²) in [6, 6.07) is 30.2. The molecule has 4 aromatic rings. The molecule has 2 fully saturated rings. The Morgan fingerprint density at radius 2 is 1.09 bits per heavy atom. The highest BCUT2D eigenvalue weighted by molar-refractivity contribution is 7.54. The van der Waals surface area contributed by atoms with Gasteiger partial charge in [-0.1, -0.05) is 97.8 Å². The minimum absolute atomic E-state index is 0.239. The summed E-state index contributed by atoms with van der Waals surface area (Å²) in [4.78, 5) is 11.8. The molecule has 1 aliphatic carbocycles. The molecule has 1 heterocycles. The molecule has 2 N–H and O–H groups in total. The first-order chi connectivity index (χ1) is 16.1. The van der Waals surface area contributed by atoms with Crippen LogP contribution < -0.4 is 0 Å². The van der Waals surface area contributed by atoms with Crippen molar-refractivity contribution in [2.24, 2.45) is 0 Å². The lowest BCUT2D eigenvalue weighted by molar-refractivity contribution is 0.198. The summed E-state index contributed by atoms with van der Waals surface area (Å²) in [6.07, 6.45) is 4.47. The minimum Gasteiger partial charge on any atom is -0.337 e. The molecule has 0 amide bonds. The number of nitrogens with one attached hydrogen (secondary N) is 1. The average molecular weight is 456 g/mol. The van der Waals surface area contributed by atoms with E-state index in [0.29, 0.717) is 13.1 Å². The Kier molecular flexibility index (Phi) is 5.35. The van der Waals surface area contributed by atoms with Gasteiger partial charge in [0.25, 0.3) is 0 Å². The largest absolute Gasteiger partial charge is 0.337 e. The molecule has 0 spiro atoms. The maximum absolute atomic E-state index is 11.8. The Labute approximate surface area is 195 Å². The van der Waals surface area contributed by atoms with E-state index in [1.54, 1.807) is 0 Å². The molecule has 6 rings (SSSR count). The molecule has 0 bridgehead atoms. The van der Waals surface area contributed by atoms with Crippen LogP contribution in [0.3, 0.4) is 0 Å². The molecule has 0 aromatic heterocycles. The molecule has 2 aliphatic rings. The molecule has 33 heavy (non-hydrogen) atoms. The van der Waals surface area contributed by atoms with E-state index in [1.165, 1.54) is 45.5 Å². The van der Waals surface area contributed by atoms with Gasteiger partial charge >= 0.3 is 0 Å². The molecule has 0 unspecified atom stereocenters. The third-order valence-electron chi connectivity index (χ3n) is 7.60. The zero-order valence-corrected chi connectivity index (χ0v) is 19.7. The summed E-state index contributed by atoms with van der Waals surface area (Å²) in [7, 11) is -3.19. The van der Waals surface area contributed by atoms with Crippen LogP contribution >= 0.6 is 7.58 Å². The third-order valence-corrected chi connectivity index (χ3v) is 9.91. The Morgan fingerprint density at radius 1 is 0.667 bits per heavy atom. The van der Waals surface area contributed by atoms with Gasteiger partial charge in [-0.15, -0.1) is 0 Å². The summed E-state index contributed by atoms with van der Waals surface area (Å²) in [6.45, 7) is 1.25. The van der Waals surface area contributed by atoms with Crippen molar-refractivity contribution in [3.05, 3.63) is 96.1 Å². The molecule has 1 aliphatic heterocycles. The lowest BCUT2D eigenvalue weighted by Crippen LogP contribution is -2.39. The fourth-order valence-electron chi connectivity index (χ4n) is 5.99. The van der Waals surface area contributed by atoms with Crippen molar-refractivity contribution in [3.63, 3.8) is 0 Å². The van der Waals surface area contributed by atoms with Crippen LogP contribution in [0.25, 0.3) is 21.5 Å². The van der Waals surface area contributed by atoms with Crippen LogP contribution in [0.15, 0.2) is 84.9 Å². The molecule has 1 saturated heterocycles. The summed E-state index contributed by atoms with van der Waals surface area (Å²) in [5.41, 5.74) is 2.41. The Bertz CT molecular complexity index is 1260. The van der Waals surface area contributed by atoms with E-state index in [0.717, 1.165) is 12.8 Å². The van der Waals surface area contributed by atoms with Gasteiger partial charge in [-0.25, -0.2) is 9.34 Å². The average Bonchev–Trinajstić information content (AvgIpc) is 3.06. The standard InChI is InChI=1S/C28H30N3OP/c29-33(32)30(19-23-13-7-11-21-9-1-3-15-25(21)23)27-17-5-6-18-28(27)31(33)20-24-14-8-12-22-10-2-4-16-26(22)24/h1-4,7-16,27-28H,5-6,17-20H2,(H2,29,32)/t27-,28-/m0/s1. The molecule has 0 radical (unpaired) electrons. The monoisotopic (exact) mass is 455 g/mol. The van der Waals surface area contributed by atoms with Crippen LogP contribution in [0.1, 0.15) is 36.8 Å². The van der Waals surface area contributed by atoms with Gasteiger partial charge in [-0.2, -0.15) is 0 Å². The van der Waals surface area contributed by atoms with Gasteiger partial charge in [0.2, 0.25) is 7.58 Å². The maximum Gasteiger partial charge on any atom is 0.223 e. The second kappa shape index (κ2) is 8.38. The van der Waals surface area contributed by atoms with E-state index in [4.69, 9.17) is 0 Å². The highest BCUT2D eigenvalue weighted by Gasteiger charge is 2.51. The first-order valence-corrected chi connectivity index (χ1v) is 13.6. The van der Waals surface area contributed by atoms with Gasteiger partial charge in [0.1, 0.15) is 0 Å². The molecule has 4 aromatic carbocycles. The van der Waals surface area contributed by atoms with Crippen LogP contribution in [0.4, 0.5) is 0 Å². The predicted molar refractivity (Wildman–Crippen MR) is 137 cm³/mol. The third kappa shape index (κ3) is 3.62. The van der Waals surface area contributed by atoms with Gasteiger partial charge in [-0.3, -0.25) is 5.16 Å². The van der Waals surface area contributed by atoms with Crippen LogP contribution in [0, 0.1) is 5.16 Å². The number of hydrogen-bond donors (Lipinski definition) is 2. The van der Waals surface area contributed by atoms with Crippen LogP contribution in [0.2, 0.25) is 0 Å². The summed E-state index contributed by atoms with van der Waals surface area (Å²) in [5.74, 6) is 0. The number of benzene rings is 4. The Morgan fingerprint density at radius 3 is 1.58 bits per heavy atom. The first-order valence-electron chi connectivity index (χ1n) is 12.0. The Hall–Kier alpha value is -2.49. The van der Waals surface area contributed by atoms with Crippen molar-refractivity contribution in [2.75, 3.05) is 0 Å². The molecule has 2 atom stereocenters. The molecular formula is C28H30N3OP. The molecular weight excluding hydrogens is 425 g/mol. The van der Waals surface area contributed by atoms with Crippen LogP contribution in [0.5, 0.6) is 0 Å². The van der Waals surface area contributed by atoms with Crippen LogP contribution in [-0.2, 0) is 13.1 Å². The van der Waals surface area contributed by atoms with E-state index in [-0.39, 0.29) is 12.1 Å². The second-order valence-corrected chi connectivity index (χ2v) is 11.6. The number of nitrogens with zero attached hydrogens (tertiary/aromatic N) is 2. The lowest BCUT2D eigenvalue weighted by Gasteiger charge is -2.31. The maximum atomic E-state index is 11.8. The van der Waals surface area contributed by atoms with Gasteiger partial charge < -0.3 is 4.89 Å². The van der Waals surface area contributed by atoms with E-state index in [1.807, 2.05) is 0 Å². The lowest BCUT2D eigenvalue weighted by atomic mass is 9.89. The highest BCUT2D eigenvalue weighted by Crippen LogP contribution is 2.62. The Balaban J connectivity index is 1.38. The molecule has 5 heteroatoms. The zero-order chi connectivity index (χ0) is 22.4. The quantitative estimate of drug-likeness (QED) is 0.322. The first kappa shape index (κ1) is 21.1. The normalized spacial score (nSPS) is 23.2. The van der Waals surface area contributed by atoms with Crippen molar-refractivity contribution < 1.29 is 4.89 Å². The molecule has 4 nitrogen and oxygen atoms in total. The predicted octanol–water partition coefficient (Wildman–Crippen LogP) is 7.14. The zero-order valence-electron chi connectivity index (χ0n) is 18.8. The van der Waals surface area contributed by atoms with E-state index >= 15 is 0 Å². The number of fused-ring (bicyclic) bond motifs is 3. The van der Waals surface area contributed by atoms with Crippen molar-refractivity contribution in [1.82, 2.24) is 9.34 Å². The fourth-order valence-corrected chi connectivity index (χ4v) is 8.35. The van der Waals surface area contributed by atoms with Crippen molar-refractivity contribution in [2.45, 2.75) is 50.9 Å². The SMILES string of the molecule is N=P1(O)N(Cc2cccc3ccccc23)[C@H]2CCCC[C@@H]2N1Cc1cccc2ccccc12. The van der Waals surface area contributed by atoms with Gasteiger partial charge in [0, 0.05) is 25.2 Å². The van der Waals surface area contributed by atoms with Crippen molar-refractivity contribution in [3.8, 4) is 0 Å². The highest BCUT2D eigenvalue weighted by atomic mass is 31.2. The topological polar surface area (TPSA) is 50.6 Å². The van der Waals surface area contributed by atoms with Gasteiger partial charge in [0.05, 0.1) is 0 Å². The van der Waals surface area contributed by atoms with Crippen molar-refractivity contribution in [1.29, 1.82) is 5.16 Å². The van der Waals surface area contributed by atoms with E-state index in [9.17, 15) is 10.1 Å². The van der Waals surface area contributed by atoms with E-state index in [2.05, 4.69) is 94.3 Å². The van der Waals surface area contributed by atoms with Gasteiger partial charge in [0.15, 0.2) is 0 Å². The molecule has 168 valence electrons. The van der Waals surface area contributed by atoms with Gasteiger partial charge in [-0.05, 0) is 45.5 Å². The van der Waals surface area contributed by atoms with Crippen LogP contribution in [-0.4, -0.2) is 26.3 Å².